The first-order chi connectivity index (χ1) is 7.84. The molecular formula is C12H16F2N2S. The molecule has 0 amide bonds. The molecule has 94 valence electrons. The standard InChI is InChI=1S/C12H16F2N2S/c1-9(11(15)17)16(2)8-12(13,14)10-6-4-3-5-7-10/h3-7,9H,8H2,1-2H3,(H2,15,17). The lowest BCUT2D eigenvalue weighted by Crippen LogP contribution is -2.44. The lowest BCUT2D eigenvalue weighted by molar-refractivity contribution is -0.0347. The summed E-state index contributed by atoms with van der Waals surface area (Å²) in [5, 5.41) is 0. The van der Waals surface area contributed by atoms with E-state index in [0.29, 0.717) is 0 Å². The van der Waals surface area contributed by atoms with E-state index in [-0.39, 0.29) is 16.6 Å². The fraction of sp³-hybridized carbons (Fsp3) is 0.417. The van der Waals surface area contributed by atoms with E-state index in [1.54, 1.807) is 32.2 Å². The van der Waals surface area contributed by atoms with E-state index in [9.17, 15) is 8.78 Å². The van der Waals surface area contributed by atoms with Gasteiger partial charge in [-0.1, -0.05) is 42.5 Å². The molecule has 17 heavy (non-hydrogen) atoms. The highest BCUT2D eigenvalue weighted by Crippen LogP contribution is 2.28. The third kappa shape index (κ3) is 3.71. The maximum atomic E-state index is 13.9. The van der Waals surface area contributed by atoms with Crippen LogP contribution in [0.1, 0.15) is 12.5 Å². The monoisotopic (exact) mass is 258 g/mol. The largest absolute Gasteiger partial charge is 0.392 e. The van der Waals surface area contributed by atoms with Crippen molar-refractivity contribution in [2.45, 2.75) is 18.9 Å². The first-order valence-corrected chi connectivity index (χ1v) is 5.68. The minimum atomic E-state index is -2.91. The second-order valence-corrected chi connectivity index (χ2v) is 4.54. The van der Waals surface area contributed by atoms with Gasteiger partial charge in [0.1, 0.15) is 0 Å². The van der Waals surface area contributed by atoms with Gasteiger partial charge in [-0.15, -0.1) is 0 Å². The van der Waals surface area contributed by atoms with Gasteiger partial charge in [-0.25, -0.2) is 0 Å². The van der Waals surface area contributed by atoms with Gasteiger partial charge in [-0.05, 0) is 14.0 Å². The topological polar surface area (TPSA) is 29.3 Å². The van der Waals surface area contributed by atoms with E-state index in [0.717, 1.165) is 0 Å². The number of hydrogen-bond acceptors (Lipinski definition) is 2. The summed E-state index contributed by atoms with van der Waals surface area (Å²) in [6.45, 7) is 1.30. The molecule has 0 saturated carbocycles. The quantitative estimate of drug-likeness (QED) is 0.822. The molecule has 2 nitrogen and oxygen atoms in total. The molecule has 1 rings (SSSR count). The van der Waals surface area contributed by atoms with E-state index >= 15 is 0 Å². The predicted molar refractivity (Wildman–Crippen MR) is 69.2 cm³/mol. The van der Waals surface area contributed by atoms with Crippen molar-refractivity contribution in [2.75, 3.05) is 13.6 Å². The average Bonchev–Trinajstić information content (AvgIpc) is 2.28. The Kier molecular flexibility index (Phi) is 4.54. The van der Waals surface area contributed by atoms with Gasteiger partial charge in [-0.2, -0.15) is 8.78 Å². The fourth-order valence-corrected chi connectivity index (χ4v) is 1.62. The van der Waals surface area contributed by atoms with Crippen LogP contribution in [0.3, 0.4) is 0 Å². The van der Waals surface area contributed by atoms with Gasteiger partial charge in [0, 0.05) is 5.56 Å². The Bertz CT molecular complexity index is 381. The lowest BCUT2D eigenvalue weighted by atomic mass is 10.1. The van der Waals surface area contributed by atoms with Crippen LogP contribution in [0, 0.1) is 0 Å². The van der Waals surface area contributed by atoms with E-state index in [1.807, 2.05) is 0 Å². The number of nitrogens with zero attached hydrogens (tertiary/aromatic N) is 1. The van der Waals surface area contributed by atoms with Gasteiger partial charge in [0.25, 0.3) is 5.92 Å². The summed E-state index contributed by atoms with van der Waals surface area (Å²) in [6, 6.07) is 7.39. The van der Waals surface area contributed by atoms with Gasteiger partial charge < -0.3 is 5.73 Å². The zero-order valence-corrected chi connectivity index (χ0v) is 10.7. The first kappa shape index (κ1) is 14.0. The number of rotatable bonds is 5. The van der Waals surface area contributed by atoms with E-state index in [2.05, 4.69) is 0 Å². The zero-order chi connectivity index (χ0) is 13.1. The number of alkyl halides is 2. The Morgan fingerprint density at radius 2 is 1.94 bits per heavy atom. The molecule has 5 heteroatoms. The smallest absolute Gasteiger partial charge is 0.285 e. The Morgan fingerprint density at radius 3 is 2.41 bits per heavy atom. The molecule has 0 aliphatic rings. The number of nitrogens with two attached hydrogens (primary N) is 1. The molecule has 0 spiro atoms. The summed E-state index contributed by atoms with van der Waals surface area (Å²) in [5.41, 5.74) is 5.44. The Labute approximate surface area is 105 Å². The molecular weight excluding hydrogens is 242 g/mol. The van der Waals surface area contributed by atoms with Crippen LogP contribution >= 0.6 is 12.2 Å². The van der Waals surface area contributed by atoms with Crippen LogP contribution in [0.5, 0.6) is 0 Å². The molecule has 0 aliphatic carbocycles. The number of halogens is 2. The normalized spacial score (nSPS) is 13.7. The molecule has 0 fully saturated rings. The van der Waals surface area contributed by atoms with Crippen LogP contribution in [0.4, 0.5) is 8.78 Å². The minimum Gasteiger partial charge on any atom is -0.392 e. The molecule has 0 saturated heterocycles. The molecule has 1 atom stereocenters. The highest BCUT2D eigenvalue weighted by atomic mass is 32.1. The van der Waals surface area contributed by atoms with Gasteiger partial charge in [0.05, 0.1) is 17.6 Å². The molecule has 1 unspecified atom stereocenters. The molecule has 0 aromatic heterocycles. The third-order valence-corrected chi connectivity index (χ3v) is 3.06. The summed E-state index contributed by atoms with van der Waals surface area (Å²) in [6.07, 6.45) is 0. The molecule has 0 bridgehead atoms. The lowest BCUT2D eigenvalue weighted by Gasteiger charge is -2.28. The number of likely N-dealkylation sites (N-methyl/N-ethyl adjacent to an activating group) is 1. The molecule has 2 N–H and O–H groups in total. The van der Waals surface area contributed by atoms with Gasteiger partial charge in [-0.3, -0.25) is 4.90 Å². The second kappa shape index (κ2) is 5.51. The molecule has 0 radical (unpaired) electrons. The predicted octanol–water partition coefficient (Wildman–Crippen LogP) is 2.38. The van der Waals surface area contributed by atoms with Crippen LogP contribution < -0.4 is 5.73 Å². The fourth-order valence-electron chi connectivity index (χ4n) is 1.44. The van der Waals surface area contributed by atoms with E-state index in [1.165, 1.54) is 17.0 Å². The molecule has 0 aliphatic heterocycles. The zero-order valence-electron chi connectivity index (χ0n) is 9.86. The SMILES string of the molecule is CC(C(N)=S)N(C)CC(F)(F)c1ccccc1. The Balaban J connectivity index is 2.77. The first-order valence-electron chi connectivity index (χ1n) is 5.27. The van der Waals surface area contributed by atoms with Crippen molar-refractivity contribution >= 4 is 17.2 Å². The summed E-state index contributed by atoms with van der Waals surface area (Å²) in [5.74, 6) is -2.91. The Hall–Kier alpha value is -1.07. The maximum Gasteiger partial charge on any atom is 0.285 e. The minimum absolute atomic E-state index is 0.00184. The van der Waals surface area contributed by atoms with Crippen molar-refractivity contribution in [1.29, 1.82) is 0 Å². The van der Waals surface area contributed by atoms with Gasteiger partial charge in [0.2, 0.25) is 0 Å². The maximum absolute atomic E-state index is 13.9. The summed E-state index contributed by atoms with van der Waals surface area (Å²) >= 11 is 4.79. The Morgan fingerprint density at radius 1 is 1.41 bits per heavy atom. The van der Waals surface area contributed by atoms with Crippen molar-refractivity contribution < 1.29 is 8.78 Å². The van der Waals surface area contributed by atoms with Crippen LogP contribution in [0.15, 0.2) is 30.3 Å². The van der Waals surface area contributed by atoms with Gasteiger partial charge in [0.15, 0.2) is 0 Å². The van der Waals surface area contributed by atoms with E-state index < -0.39 is 12.5 Å². The van der Waals surface area contributed by atoms with Crippen molar-refractivity contribution in [3.05, 3.63) is 35.9 Å². The average molecular weight is 258 g/mol. The highest BCUT2D eigenvalue weighted by Gasteiger charge is 2.34. The number of benzene rings is 1. The van der Waals surface area contributed by atoms with Crippen molar-refractivity contribution in [1.82, 2.24) is 4.90 Å². The van der Waals surface area contributed by atoms with Crippen molar-refractivity contribution in [3.63, 3.8) is 0 Å². The molecule has 1 aromatic carbocycles. The van der Waals surface area contributed by atoms with Crippen LogP contribution in [0.2, 0.25) is 0 Å². The summed E-state index contributed by atoms with van der Waals surface area (Å²) in [4.78, 5) is 1.67. The van der Waals surface area contributed by atoms with Gasteiger partial charge >= 0.3 is 0 Å². The number of hydrogen-bond donors (Lipinski definition) is 1. The number of thiocarbonyl (C=S) groups is 1. The van der Waals surface area contributed by atoms with Crippen molar-refractivity contribution in [2.24, 2.45) is 5.73 Å². The van der Waals surface area contributed by atoms with Crippen molar-refractivity contribution in [3.8, 4) is 0 Å². The highest BCUT2D eigenvalue weighted by molar-refractivity contribution is 7.80. The van der Waals surface area contributed by atoms with Crippen LogP contribution in [-0.2, 0) is 5.92 Å². The second-order valence-electron chi connectivity index (χ2n) is 4.06. The molecule has 0 heterocycles. The van der Waals surface area contributed by atoms with Crippen LogP contribution in [-0.4, -0.2) is 29.5 Å². The molecule has 1 aromatic rings. The third-order valence-electron chi connectivity index (χ3n) is 2.72. The van der Waals surface area contributed by atoms with E-state index in [4.69, 9.17) is 18.0 Å². The summed E-state index contributed by atoms with van der Waals surface area (Å²) in [7, 11) is 1.58. The van der Waals surface area contributed by atoms with Crippen LogP contribution in [0.25, 0.3) is 0 Å². The summed E-state index contributed by atoms with van der Waals surface area (Å²) < 4.78 is 27.8.